The molecule has 6 nitrogen and oxygen atoms in total. The van der Waals surface area contributed by atoms with Gasteiger partial charge in [-0.25, -0.2) is 4.98 Å². The van der Waals surface area contributed by atoms with Crippen LogP contribution in [0, 0.1) is 0 Å². The summed E-state index contributed by atoms with van der Waals surface area (Å²) >= 11 is 6.11. The van der Waals surface area contributed by atoms with Gasteiger partial charge in [-0.05, 0) is 6.07 Å². The minimum Gasteiger partial charge on any atom is -0.495 e. The molecule has 2 aromatic rings. The number of nitrogens with zero attached hydrogens (tertiary/aromatic N) is 2. The normalized spacial score (nSPS) is 10.0. The maximum atomic E-state index is 6.11. The molecule has 0 bridgehead atoms. The van der Waals surface area contributed by atoms with Crippen molar-refractivity contribution in [2.24, 2.45) is 0 Å². The Morgan fingerprint density at radius 2 is 1.75 bits per heavy atom. The van der Waals surface area contributed by atoms with E-state index in [1.54, 1.807) is 45.8 Å². The number of hydrogen-bond donors (Lipinski definition) is 2. The maximum Gasteiger partial charge on any atom is 0.151 e. The van der Waals surface area contributed by atoms with Crippen molar-refractivity contribution < 1.29 is 9.47 Å². The molecule has 1 aromatic carbocycles. The Labute approximate surface area is 122 Å². The van der Waals surface area contributed by atoms with Crippen molar-refractivity contribution in [3.05, 3.63) is 29.5 Å². The van der Waals surface area contributed by atoms with E-state index < -0.39 is 0 Å². The van der Waals surface area contributed by atoms with Crippen molar-refractivity contribution in [2.45, 2.75) is 0 Å². The Bertz CT molecular complexity index is 607. The summed E-state index contributed by atoms with van der Waals surface area (Å²) in [6.45, 7) is 0. The molecule has 2 N–H and O–H groups in total. The summed E-state index contributed by atoms with van der Waals surface area (Å²) in [4.78, 5) is 8.40. The Morgan fingerprint density at radius 1 is 1.05 bits per heavy atom. The van der Waals surface area contributed by atoms with Crippen LogP contribution < -0.4 is 20.1 Å². The van der Waals surface area contributed by atoms with E-state index in [0.29, 0.717) is 33.8 Å². The van der Waals surface area contributed by atoms with Gasteiger partial charge in [0.05, 0.1) is 37.3 Å². The van der Waals surface area contributed by atoms with Crippen LogP contribution in [0.1, 0.15) is 0 Å². The van der Waals surface area contributed by atoms with Crippen molar-refractivity contribution in [2.75, 3.05) is 31.9 Å². The van der Waals surface area contributed by atoms with Crippen LogP contribution in [0.25, 0.3) is 0 Å². The lowest BCUT2D eigenvalue weighted by Gasteiger charge is -2.13. The van der Waals surface area contributed by atoms with Crippen molar-refractivity contribution in [3.8, 4) is 11.5 Å². The molecule has 0 fully saturated rings. The van der Waals surface area contributed by atoms with E-state index in [1.807, 2.05) is 0 Å². The number of nitrogens with one attached hydrogen (secondary N) is 2. The van der Waals surface area contributed by atoms with Crippen molar-refractivity contribution in [1.82, 2.24) is 9.97 Å². The first-order chi connectivity index (χ1) is 9.67. The SMILES string of the molecule is CNc1cncc(Nc2cc(Cl)c(OC)cc2OC)n1. The van der Waals surface area contributed by atoms with Gasteiger partial charge in [0.2, 0.25) is 0 Å². The number of hydrogen-bond acceptors (Lipinski definition) is 6. The van der Waals surface area contributed by atoms with Gasteiger partial charge >= 0.3 is 0 Å². The molecule has 0 aliphatic rings. The summed E-state index contributed by atoms with van der Waals surface area (Å²) in [5, 5.41) is 6.51. The zero-order valence-corrected chi connectivity index (χ0v) is 12.2. The summed E-state index contributed by atoms with van der Waals surface area (Å²) < 4.78 is 10.5. The lowest BCUT2D eigenvalue weighted by Crippen LogP contribution is -2.00. The number of aromatic nitrogens is 2. The third-order valence-electron chi connectivity index (χ3n) is 2.63. The van der Waals surface area contributed by atoms with Crippen LogP contribution in [-0.2, 0) is 0 Å². The van der Waals surface area contributed by atoms with E-state index in [-0.39, 0.29) is 0 Å². The third-order valence-corrected chi connectivity index (χ3v) is 2.92. The predicted molar refractivity (Wildman–Crippen MR) is 79.4 cm³/mol. The molecule has 20 heavy (non-hydrogen) atoms. The summed E-state index contributed by atoms with van der Waals surface area (Å²) in [7, 11) is 4.90. The fraction of sp³-hybridized carbons (Fsp3) is 0.231. The van der Waals surface area contributed by atoms with Gasteiger partial charge in [-0.3, -0.25) is 4.98 Å². The Balaban J connectivity index is 2.34. The first-order valence-corrected chi connectivity index (χ1v) is 6.24. The summed E-state index contributed by atoms with van der Waals surface area (Å²) in [6.07, 6.45) is 3.24. The van der Waals surface area contributed by atoms with Crippen LogP contribution in [0.15, 0.2) is 24.5 Å². The van der Waals surface area contributed by atoms with Crippen LogP contribution in [0.3, 0.4) is 0 Å². The number of methoxy groups -OCH3 is 2. The summed E-state index contributed by atoms with van der Waals surface area (Å²) in [5.74, 6) is 2.39. The number of anilines is 3. The molecule has 0 unspecified atom stereocenters. The quantitative estimate of drug-likeness (QED) is 0.884. The average Bonchev–Trinajstić information content (AvgIpc) is 2.48. The molecule has 0 aliphatic carbocycles. The average molecular weight is 295 g/mol. The van der Waals surface area contributed by atoms with E-state index in [4.69, 9.17) is 21.1 Å². The third kappa shape index (κ3) is 3.03. The Morgan fingerprint density at radius 3 is 2.40 bits per heavy atom. The lowest BCUT2D eigenvalue weighted by atomic mass is 10.2. The van der Waals surface area contributed by atoms with Crippen LogP contribution in [0.2, 0.25) is 5.02 Å². The number of ether oxygens (including phenoxy) is 2. The highest BCUT2D eigenvalue weighted by Crippen LogP contribution is 2.37. The molecular weight excluding hydrogens is 280 g/mol. The molecule has 2 rings (SSSR count). The van der Waals surface area contributed by atoms with Crippen molar-refractivity contribution in [3.63, 3.8) is 0 Å². The molecule has 0 saturated heterocycles. The van der Waals surface area contributed by atoms with Gasteiger partial charge in [-0.2, -0.15) is 0 Å². The van der Waals surface area contributed by atoms with Gasteiger partial charge in [-0.1, -0.05) is 11.6 Å². The second-order valence-electron chi connectivity index (χ2n) is 3.85. The number of benzene rings is 1. The smallest absolute Gasteiger partial charge is 0.151 e. The molecule has 0 spiro atoms. The summed E-state index contributed by atoms with van der Waals surface area (Å²) in [6, 6.07) is 3.42. The molecule has 0 radical (unpaired) electrons. The Kier molecular flexibility index (Phi) is 4.47. The molecule has 0 saturated carbocycles. The fourth-order valence-corrected chi connectivity index (χ4v) is 1.88. The molecule has 0 aliphatic heterocycles. The monoisotopic (exact) mass is 294 g/mol. The first-order valence-electron chi connectivity index (χ1n) is 5.86. The Hall–Kier alpha value is -2.21. The molecule has 0 atom stereocenters. The fourth-order valence-electron chi connectivity index (χ4n) is 1.64. The zero-order chi connectivity index (χ0) is 14.5. The van der Waals surface area contributed by atoms with Gasteiger partial charge < -0.3 is 20.1 Å². The van der Waals surface area contributed by atoms with Gasteiger partial charge in [0.15, 0.2) is 5.82 Å². The van der Waals surface area contributed by atoms with E-state index >= 15 is 0 Å². The van der Waals surface area contributed by atoms with Crippen LogP contribution in [0.5, 0.6) is 11.5 Å². The number of rotatable bonds is 5. The van der Waals surface area contributed by atoms with E-state index in [9.17, 15) is 0 Å². The van der Waals surface area contributed by atoms with E-state index in [0.717, 1.165) is 0 Å². The second-order valence-corrected chi connectivity index (χ2v) is 4.26. The standard InChI is InChI=1S/C13H15ClN4O2/c1-15-12-6-16-7-13(18-12)17-9-4-8(14)10(19-2)5-11(9)20-3/h4-7H,1-3H3,(H2,15,17,18). The maximum absolute atomic E-state index is 6.11. The molecule has 1 heterocycles. The van der Waals surface area contributed by atoms with E-state index in [2.05, 4.69) is 20.6 Å². The highest BCUT2D eigenvalue weighted by molar-refractivity contribution is 6.32. The molecule has 106 valence electrons. The summed E-state index contributed by atoms with van der Waals surface area (Å²) in [5.41, 5.74) is 0.681. The van der Waals surface area contributed by atoms with Gasteiger partial charge in [0, 0.05) is 13.1 Å². The molecular formula is C13H15ClN4O2. The largest absolute Gasteiger partial charge is 0.495 e. The predicted octanol–water partition coefficient (Wildman–Crippen LogP) is 2.93. The van der Waals surface area contributed by atoms with Crippen molar-refractivity contribution >= 4 is 28.9 Å². The van der Waals surface area contributed by atoms with Crippen LogP contribution in [0.4, 0.5) is 17.3 Å². The second kappa shape index (κ2) is 6.29. The highest BCUT2D eigenvalue weighted by Gasteiger charge is 2.10. The van der Waals surface area contributed by atoms with Gasteiger partial charge in [0.1, 0.15) is 17.3 Å². The highest BCUT2D eigenvalue weighted by atomic mass is 35.5. The minimum atomic E-state index is 0.480. The zero-order valence-electron chi connectivity index (χ0n) is 11.4. The topological polar surface area (TPSA) is 68.3 Å². The molecule has 0 amide bonds. The van der Waals surface area contributed by atoms with Crippen LogP contribution >= 0.6 is 11.6 Å². The van der Waals surface area contributed by atoms with Crippen molar-refractivity contribution in [1.29, 1.82) is 0 Å². The lowest BCUT2D eigenvalue weighted by molar-refractivity contribution is 0.396. The first kappa shape index (κ1) is 14.2. The molecule has 1 aromatic heterocycles. The minimum absolute atomic E-state index is 0.480. The van der Waals surface area contributed by atoms with E-state index in [1.165, 1.54) is 0 Å². The van der Waals surface area contributed by atoms with Gasteiger partial charge in [0.25, 0.3) is 0 Å². The van der Waals surface area contributed by atoms with Crippen LogP contribution in [-0.4, -0.2) is 31.2 Å². The van der Waals surface area contributed by atoms with Gasteiger partial charge in [-0.15, -0.1) is 0 Å². The molecule has 7 heteroatoms. The number of halogens is 1.